The van der Waals surface area contributed by atoms with Crippen molar-refractivity contribution in [1.29, 1.82) is 0 Å². The highest BCUT2D eigenvalue weighted by Crippen LogP contribution is 2.36. The van der Waals surface area contributed by atoms with Crippen molar-refractivity contribution in [2.75, 3.05) is 0 Å². The molecule has 7 rings (SSSR count). The van der Waals surface area contributed by atoms with E-state index in [0.29, 0.717) is 0 Å². The average molecular weight is 429 g/mol. The minimum absolute atomic E-state index is 0.735. The van der Waals surface area contributed by atoms with Gasteiger partial charge in [-0.1, -0.05) is 66.2 Å². The lowest BCUT2D eigenvalue weighted by Gasteiger charge is -2.12. The van der Waals surface area contributed by atoms with Crippen LogP contribution >= 0.6 is 11.6 Å². The van der Waals surface area contributed by atoms with Gasteiger partial charge in [0.15, 0.2) is 0 Å². The van der Waals surface area contributed by atoms with E-state index >= 15 is 0 Å². The van der Waals surface area contributed by atoms with E-state index < -0.39 is 0 Å². The molecule has 0 atom stereocenters. The molecule has 7 aromatic rings. The van der Waals surface area contributed by atoms with Gasteiger partial charge in [-0.3, -0.25) is 4.40 Å². The topological polar surface area (TPSA) is 17.3 Å². The summed E-state index contributed by atoms with van der Waals surface area (Å²) in [5.74, 6) is 0. The Labute approximate surface area is 189 Å². The Balaban J connectivity index is 1.61. The summed E-state index contributed by atoms with van der Waals surface area (Å²) in [6.45, 7) is 0. The van der Waals surface area contributed by atoms with Crippen molar-refractivity contribution in [3.05, 3.63) is 108 Å². The summed E-state index contributed by atoms with van der Waals surface area (Å²) in [6, 6.07) is 36.2. The fourth-order valence-electron chi connectivity index (χ4n) is 4.88. The quantitative estimate of drug-likeness (QED) is 0.240. The Hall–Kier alpha value is -3.88. The first kappa shape index (κ1) is 17.8. The molecule has 0 aliphatic carbocycles. The number of benzene rings is 5. The van der Waals surface area contributed by atoms with Crippen LogP contribution in [0.15, 0.2) is 103 Å². The van der Waals surface area contributed by atoms with Gasteiger partial charge < -0.3 is 0 Å². The molecule has 0 amide bonds. The number of rotatable bonds is 1. The number of para-hydroxylation sites is 2. The highest BCUT2D eigenvalue weighted by molar-refractivity contribution is 6.32. The molecule has 2 nitrogen and oxygen atoms in total. The third kappa shape index (κ3) is 2.50. The van der Waals surface area contributed by atoms with Gasteiger partial charge in [-0.25, -0.2) is 4.98 Å². The SMILES string of the molecule is Clc1ccc2c(c1)c1cc(-c3ccc4ccccc4c3)ccc1c1nc3ccccc3n21. The van der Waals surface area contributed by atoms with Crippen LogP contribution in [0.4, 0.5) is 0 Å². The van der Waals surface area contributed by atoms with Crippen molar-refractivity contribution in [2.45, 2.75) is 0 Å². The first-order valence-corrected chi connectivity index (χ1v) is 11.1. The molecule has 0 fully saturated rings. The molecule has 0 aliphatic rings. The van der Waals surface area contributed by atoms with E-state index in [4.69, 9.17) is 16.6 Å². The summed E-state index contributed by atoms with van der Waals surface area (Å²) in [5.41, 5.74) is 6.58. The van der Waals surface area contributed by atoms with E-state index in [2.05, 4.69) is 95.4 Å². The summed E-state index contributed by atoms with van der Waals surface area (Å²) in [4.78, 5) is 4.99. The molecule has 32 heavy (non-hydrogen) atoms. The normalized spacial score (nSPS) is 11.9. The van der Waals surface area contributed by atoms with Crippen LogP contribution in [0.25, 0.3) is 60.3 Å². The largest absolute Gasteiger partial charge is 0.292 e. The first-order chi connectivity index (χ1) is 15.8. The smallest absolute Gasteiger partial charge is 0.146 e. The maximum Gasteiger partial charge on any atom is 0.146 e. The maximum atomic E-state index is 6.46. The number of pyridine rings is 1. The van der Waals surface area contributed by atoms with Gasteiger partial charge in [0, 0.05) is 15.8 Å². The summed E-state index contributed by atoms with van der Waals surface area (Å²) in [5, 5.41) is 6.65. The Morgan fingerprint density at radius 3 is 2.28 bits per heavy atom. The molecule has 0 bridgehead atoms. The van der Waals surface area contributed by atoms with Crippen LogP contribution in [0.5, 0.6) is 0 Å². The summed E-state index contributed by atoms with van der Waals surface area (Å²) >= 11 is 6.46. The molecule has 0 unspecified atom stereocenters. The van der Waals surface area contributed by atoms with E-state index in [1.54, 1.807) is 0 Å². The fraction of sp³-hybridized carbons (Fsp3) is 0. The lowest BCUT2D eigenvalue weighted by atomic mass is 9.97. The lowest BCUT2D eigenvalue weighted by molar-refractivity contribution is 1.31. The maximum absolute atomic E-state index is 6.46. The van der Waals surface area contributed by atoms with Crippen LogP contribution in [-0.4, -0.2) is 9.38 Å². The third-order valence-corrected chi connectivity index (χ3v) is 6.63. The Morgan fingerprint density at radius 1 is 0.562 bits per heavy atom. The van der Waals surface area contributed by atoms with Crippen molar-refractivity contribution < 1.29 is 0 Å². The van der Waals surface area contributed by atoms with Crippen LogP contribution in [-0.2, 0) is 0 Å². The molecule has 2 aromatic heterocycles. The minimum atomic E-state index is 0.735. The van der Waals surface area contributed by atoms with Crippen LogP contribution in [0.2, 0.25) is 5.02 Å². The molecule has 0 radical (unpaired) electrons. The van der Waals surface area contributed by atoms with Gasteiger partial charge in [-0.05, 0) is 75.8 Å². The summed E-state index contributed by atoms with van der Waals surface area (Å²) in [6.07, 6.45) is 0. The van der Waals surface area contributed by atoms with Crippen molar-refractivity contribution in [3.8, 4) is 11.1 Å². The van der Waals surface area contributed by atoms with Crippen LogP contribution in [0.3, 0.4) is 0 Å². The zero-order valence-electron chi connectivity index (χ0n) is 17.1. The first-order valence-electron chi connectivity index (χ1n) is 10.7. The molecule has 0 spiro atoms. The number of nitrogens with zero attached hydrogens (tertiary/aromatic N) is 2. The molecule has 0 saturated heterocycles. The Bertz CT molecular complexity index is 1850. The Morgan fingerprint density at radius 2 is 1.34 bits per heavy atom. The number of hydrogen-bond acceptors (Lipinski definition) is 1. The standard InChI is InChI=1S/C29H17ClN2/c30-22-12-14-27-25(17-22)24-16-21(20-10-9-18-5-1-2-6-19(18)15-20)11-13-23(24)29-31-26-7-3-4-8-28(26)32(27)29/h1-17H. The number of fused-ring (bicyclic) bond motifs is 9. The molecule has 0 aliphatic heterocycles. The van der Waals surface area contributed by atoms with Gasteiger partial charge in [-0.2, -0.15) is 0 Å². The van der Waals surface area contributed by atoms with Gasteiger partial charge in [0.2, 0.25) is 0 Å². The number of halogens is 1. The Kier molecular flexibility index (Phi) is 3.64. The summed E-state index contributed by atoms with van der Waals surface area (Å²) in [7, 11) is 0. The number of aromatic nitrogens is 2. The molecule has 0 saturated carbocycles. The lowest BCUT2D eigenvalue weighted by Crippen LogP contribution is -1.92. The molecule has 150 valence electrons. The van der Waals surface area contributed by atoms with Crippen LogP contribution < -0.4 is 0 Å². The van der Waals surface area contributed by atoms with Crippen molar-refractivity contribution in [3.63, 3.8) is 0 Å². The van der Waals surface area contributed by atoms with Gasteiger partial charge in [0.05, 0.1) is 16.6 Å². The second-order valence-corrected chi connectivity index (χ2v) is 8.68. The second-order valence-electron chi connectivity index (χ2n) is 8.24. The van der Waals surface area contributed by atoms with Gasteiger partial charge >= 0.3 is 0 Å². The number of imidazole rings is 1. The zero-order valence-corrected chi connectivity index (χ0v) is 17.8. The van der Waals surface area contributed by atoms with Crippen LogP contribution in [0.1, 0.15) is 0 Å². The zero-order chi connectivity index (χ0) is 21.2. The van der Waals surface area contributed by atoms with E-state index in [0.717, 1.165) is 43.4 Å². The van der Waals surface area contributed by atoms with E-state index in [1.807, 2.05) is 12.1 Å². The molecule has 2 heterocycles. The third-order valence-electron chi connectivity index (χ3n) is 6.39. The molecular weight excluding hydrogens is 412 g/mol. The predicted octanol–water partition coefficient (Wildman–Crippen LogP) is 8.27. The van der Waals surface area contributed by atoms with Crippen LogP contribution in [0, 0.1) is 0 Å². The number of hydrogen-bond donors (Lipinski definition) is 0. The highest BCUT2D eigenvalue weighted by atomic mass is 35.5. The minimum Gasteiger partial charge on any atom is -0.292 e. The highest BCUT2D eigenvalue weighted by Gasteiger charge is 2.14. The van der Waals surface area contributed by atoms with Gasteiger partial charge in [0.1, 0.15) is 5.65 Å². The van der Waals surface area contributed by atoms with Gasteiger partial charge in [0.25, 0.3) is 0 Å². The average Bonchev–Trinajstić information content (AvgIpc) is 3.23. The van der Waals surface area contributed by atoms with Crippen molar-refractivity contribution >= 4 is 60.7 Å². The predicted molar refractivity (Wildman–Crippen MR) is 136 cm³/mol. The van der Waals surface area contributed by atoms with E-state index in [1.165, 1.54) is 21.9 Å². The molecule has 0 N–H and O–H groups in total. The second kappa shape index (κ2) is 6.56. The molecule has 3 heteroatoms. The van der Waals surface area contributed by atoms with E-state index in [-0.39, 0.29) is 0 Å². The van der Waals surface area contributed by atoms with Crippen molar-refractivity contribution in [1.82, 2.24) is 9.38 Å². The molecule has 5 aromatic carbocycles. The van der Waals surface area contributed by atoms with E-state index in [9.17, 15) is 0 Å². The molecular formula is C29H17ClN2. The summed E-state index contributed by atoms with van der Waals surface area (Å²) < 4.78 is 2.25. The monoisotopic (exact) mass is 428 g/mol. The van der Waals surface area contributed by atoms with Crippen molar-refractivity contribution in [2.24, 2.45) is 0 Å². The van der Waals surface area contributed by atoms with Gasteiger partial charge in [-0.15, -0.1) is 0 Å². The fourth-order valence-corrected chi connectivity index (χ4v) is 5.05.